The summed E-state index contributed by atoms with van der Waals surface area (Å²) in [5.74, 6) is -1.32. The van der Waals surface area contributed by atoms with E-state index in [1.54, 1.807) is 24.3 Å². The maximum atomic E-state index is 13.9. The van der Waals surface area contributed by atoms with Crippen LogP contribution in [-0.4, -0.2) is 35.4 Å². The molecule has 0 bridgehead atoms. The quantitative estimate of drug-likeness (QED) is 0.518. The van der Waals surface area contributed by atoms with Crippen LogP contribution in [-0.2, 0) is 16.1 Å². The van der Waals surface area contributed by atoms with Crippen LogP contribution in [0, 0.1) is 5.82 Å². The van der Waals surface area contributed by atoms with Crippen molar-refractivity contribution in [1.82, 2.24) is 10.2 Å². The minimum Gasteiger partial charge on any atom is -0.481 e. The smallest absolute Gasteiger partial charge is 0.261 e. The van der Waals surface area contributed by atoms with Gasteiger partial charge in [-0.05, 0) is 49.6 Å². The number of nitrogens with zero attached hydrogens (tertiary/aromatic N) is 1. The van der Waals surface area contributed by atoms with Crippen LogP contribution in [0.25, 0.3) is 0 Å². The van der Waals surface area contributed by atoms with Crippen LogP contribution in [0.1, 0.15) is 39.2 Å². The topological polar surface area (TPSA) is 58.6 Å². The van der Waals surface area contributed by atoms with Crippen molar-refractivity contribution < 1.29 is 18.7 Å². The number of rotatable bonds is 10. The largest absolute Gasteiger partial charge is 0.481 e. The highest BCUT2D eigenvalue weighted by Crippen LogP contribution is 2.24. The fourth-order valence-electron chi connectivity index (χ4n) is 2.98. The van der Waals surface area contributed by atoms with Gasteiger partial charge in [0.2, 0.25) is 5.91 Å². The van der Waals surface area contributed by atoms with Gasteiger partial charge in [0.05, 0.1) is 0 Å². The van der Waals surface area contributed by atoms with E-state index in [0.717, 1.165) is 6.42 Å². The van der Waals surface area contributed by atoms with Crippen molar-refractivity contribution in [2.24, 2.45) is 0 Å². The number of nitrogens with one attached hydrogen (secondary N) is 1. The highest BCUT2D eigenvalue weighted by molar-refractivity contribution is 6.35. The van der Waals surface area contributed by atoms with Crippen molar-refractivity contribution in [2.45, 2.75) is 52.2 Å². The second kappa shape index (κ2) is 11.9. The number of para-hydroxylation sites is 1. The molecule has 2 aromatic rings. The molecule has 0 saturated heterocycles. The lowest BCUT2D eigenvalue weighted by molar-refractivity contribution is -0.143. The molecule has 0 aliphatic carbocycles. The highest BCUT2D eigenvalue weighted by atomic mass is 35.5. The summed E-state index contributed by atoms with van der Waals surface area (Å²) in [6, 6.07) is 10.0. The molecule has 0 heterocycles. The average molecular weight is 469 g/mol. The van der Waals surface area contributed by atoms with Crippen LogP contribution >= 0.6 is 23.2 Å². The first-order chi connectivity index (χ1) is 14.8. The molecular formula is C23H27Cl2FN2O3. The molecule has 0 fully saturated rings. The summed E-state index contributed by atoms with van der Waals surface area (Å²) >= 11 is 12.3. The maximum Gasteiger partial charge on any atom is 0.261 e. The Balaban J connectivity index is 2.27. The van der Waals surface area contributed by atoms with E-state index in [1.807, 2.05) is 20.8 Å². The summed E-state index contributed by atoms with van der Waals surface area (Å²) < 4.78 is 19.3. The van der Waals surface area contributed by atoms with E-state index in [2.05, 4.69) is 5.32 Å². The van der Waals surface area contributed by atoms with Gasteiger partial charge < -0.3 is 15.0 Å². The molecule has 2 rings (SSSR count). The Morgan fingerprint density at radius 2 is 1.84 bits per heavy atom. The number of hydrogen-bond acceptors (Lipinski definition) is 3. The molecule has 31 heavy (non-hydrogen) atoms. The first-order valence-corrected chi connectivity index (χ1v) is 10.9. The Hall–Kier alpha value is -2.31. The van der Waals surface area contributed by atoms with E-state index >= 15 is 0 Å². The fourth-order valence-corrected chi connectivity index (χ4v) is 3.45. The van der Waals surface area contributed by atoms with Gasteiger partial charge in [-0.2, -0.15) is 0 Å². The SMILES string of the molecule is CC[C@H](C)NC(=O)[C@H](CC)N(Cc1ccc(Cl)cc1Cl)C(=O)COc1ccccc1F. The van der Waals surface area contributed by atoms with Crippen molar-refractivity contribution in [3.63, 3.8) is 0 Å². The van der Waals surface area contributed by atoms with E-state index in [9.17, 15) is 14.0 Å². The van der Waals surface area contributed by atoms with Crippen LogP contribution in [0.2, 0.25) is 10.0 Å². The average Bonchev–Trinajstić information content (AvgIpc) is 2.74. The summed E-state index contributed by atoms with van der Waals surface area (Å²) in [5.41, 5.74) is 0.639. The van der Waals surface area contributed by atoms with Gasteiger partial charge in [-0.15, -0.1) is 0 Å². The summed E-state index contributed by atoms with van der Waals surface area (Å²) in [5, 5.41) is 3.78. The van der Waals surface area contributed by atoms with Gasteiger partial charge in [-0.25, -0.2) is 4.39 Å². The van der Waals surface area contributed by atoms with Gasteiger partial charge in [0.1, 0.15) is 6.04 Å². The lowest BCUT2D eigenvalue weighted by atomic mass is 10.1. The van der Waals surface area contributed by atoms with Crippen molar-refractivity contribution >= 4 is 35.0 Å². The Bertz CT molecular complexity index is 910. The zero-order chi connectivity index (χ0) is 23.0. The van der Waals surface area contributed by atoms with Crippen molar-refractivity contribution in [2.75, 3.05) is 6.61 Å². The van der Waals surface area contributed by atoms with Crippen molar-refractivity contribution in [3.05, 3.63) is 63.9 Å². The minimum atomic E-state index is -0.738. The molecule has 2 atom stereocenters. The number of carbonyl (C=O) groups is 2. The molecule has 0 saturated carbocycles. The van der Waals surface area contributed by atoms with Gasteiger partial charge in [0.25, 0.3) is 5.91 Å². The predicted octanol–water partition coefficient (Wildman–Crippen LogP) is 5.23. The lowest BCUT2D eigenvalue weighted by Gasteiger charge is -2.31. The van der Waals surface area contributed by atoms with Crippen molar-refractivity contribution in [3.8, 4) is 5.75 Å². The summed E-state index contributed by atoms with van der Waals surface area (Å²) in [7, 11) is 0. The third-order valence-electron chi connectivity index (χ3n) is 4.93. The number of carbonyl (C=O) groups excluding carboxylic acids is 2. The second-order valence-electron chi connectivity index (χ2n) is 7.22. The molecule has 2 amide bonds. The van der Waals surface area contributed by atoms with Crippen LogP contribution in [0.4, 0.5) is 4.39 Å². The van der Waals surface area contributed by atoms with Crippen LogP contribution in [0.15, 0.2) is 42.5 Å². The zero-order valence-electron chi connectivity index (χ0n) is 17.8. The monoisotopic (exact) mass is 468 g/mol. The second-order valence-corrected chi connectivity index (χ2v) is 8.06. The summed E-state index contributed by atoms with van der Waals surface area (Å²) in [6.07, 6.45) is 1.15. The Morgan fingerprint density at radius 1 is 1.13 bits per heavy atom. The van der Waals surface area contributed by atoms with Crippen molar-refractivity contribution in [1.29, 1.82) is 0 Å². The molecule has 0 aromatic heterocycles. The molecule has 0 radical (unpaired) electrons. The van der Waals surface area contributed by atoms with E-state index < -0.39 is 24.4 Å². The third kappa shape index (κ3) is 7.11. The minimum absolute atomic E-state index is 0.0302. The summed E-state index contributed by atoms with van der Waals surface area (Å²) in [6.45, 7) is 5.35. The first-order valence-electron chi connectivity index (χ1n) is 10.2. The Morgan fingerprint density at radius 3 is 2.45 bits per heavy atom. The van der Waals surface area contributed by atoms with Crippen LogP contribution in [0.5, 0.6) is 5.75 Å². The van der Waals surface area contributed by atoms with Crippen LogP contribution in [0.3, 0.4) is 0 Å². The maximum absolute atomic E-state index is 13.9. The molecular weight excluding hydrogens is 442 g/mol. The van der Waals surface area contributed by atoms with Gasteiger partial charge in [0, 0.05) is 22.6 Å². The Kier molecular flexibility index (Phi) is 9.59. The Labute approximate surface area is 192 Å². The molecule has 0 aliphatic rings. The normalized spacial score (nSPS) is 12.7. The number of amides is 2. The van der Waals surface area contributed by atoms with E-state index in [0.29, 0.717) is 22.0 Å². The molecule has 1 N–H and O–H groups in total. The first kappa shape index (κ1) is 25.0. The van der Waals surface area contributed by atoms with Gasteiger partial charge in [0.15, 0.2) is 18.2 Å². The highest BCUT2D eigenvalue weighted by Gasteiger charge is 2.30. The van der Waals surface area contributed by atoms with Gasteiger partial charge >= 0.3 is 0 Å². The third-order valence-corrected chi connectivity index (χ3v) is 5.52. The van der Waals surface area contributed by atoms with E-state index in [4.69, 9.17) is 27.9 Å². The number of hydrogen-bond donors (Lipinski definition) is 1. The van der Waals surface area contributed by atoms with E-state index in [-0.39, 0.29) is 24.2 Å². The molecule has 0 spiro atoms. The molecule has 5 nitrogen and oxygen atoms in total. The standard InChI is InChI=1S/C23H27Cl2FN2O3/c1-4-15(3)27-23(30)20(5-2)28(13-16-10-11-17(24)12-18(16)25)22(29)14-31-21-9-7-6-8-19(21)26/h6-12,15,20H,4-5,13-14H2,1-3H3,(H,27,30)/t15-,20-/m0/s1. The number of benzene rings is 2. The predicted molar refractivity (Wildman–Crippen MR) is 121 cm³/mol. The molecule has 168 valence electrons. The summed E-state index contributed by atoms with van der Waals surface area (Å²) in [4.78, 5) is 27.4. The fraction of sp³-hybridized carbons (Fsp3) is 0.391. The zero-order valence-corrected chi connectivity index (χ0v) is 19.3. The van der Waals surface area contributed by atoms with Gasteiger partial charge in [-0.1, -0.05) is 55.2 Å². The molecule has 0 unspecified atom stereocenters. The molecule has 2 aromatic carbocycles. The van der Waals surface area contributed by atoms with Gasteiger partial charge in [-0.3, -0.25) is 9.59 Å². The molecule has 0 aliphatic heterocycles. The number of ether oxygens (including phenoxy) is 1. The lowest BCUT2D eigenvalue weighted by Crippen LogP contribution is -2.51. The van der Waals surface area contributed by atoms with E-state index in [1.165, 1.54) is 23.1 Å². The van der Waals surface area contributed by atoms with Crippen LogP contribution < -0.4 is 10.1 Å². The molecule has 8 heteroatoms. The number of halogens is 3.